The molecule has 0 bridgehead atoms. The maximum Gasteiger partial charge on any atom is 0.414 e. The highest BCUT2D eigenvalue weighted by atomic mass is 35.5. The highest BCUT2D eigenvalue weighted by Gasteiger charge is 2.26. The third kappa shape index (κ3) is 3.94. The van der Waals surface area contributed by atoms with Crippen molar-refractivity contribution in [3.8, 4) is 18.1 Å². The fourth-order valence-electron chi connectivity index (χ4n) is 2.64. The second-order valence-electron chi connectivity index (χ2n) is 5.42. The number of hydrogen-bond donors (Lipinski definition) is 0. The Balaban J connectivity index is 0.00000242. The molecule has 4 nitrogen and oxygen atoms in total. The largest absolute Gasteiger partial charge is 0.414 e. The van der Waals surface area contributed by atoms with Crippen molar-refractivity contribution < 1.29 is 9.53 Å². The summed E-state index contributed by atoms with van der Waals surface area (Å²) in [6.07, 6.45) is 7.16. The number of rotatable bonds is 4. The third-order valence-electron chi connectivity index (χ3n) is 4.03. The van der Waals surface area contributed by atoms with E-state index in [9.17, 15) is 4.79 Å². The highest BCUT2D eigenvalue weighted by Crippen LogP contribution is 2.37. The van der Waals surface area contributed by atoms with Gasteiger partial charge in [0.05, 0.1) is 6.54 Å². The van der Waals surface area contributed by atoms with Gasteiger partial charge in [-0.05, 0) is 50.1 Å². The first-order valence-electron chi connectivity index (χ1n) is 7.26. The predicted octanol–water partition coefficient (Wildman–Crippen LogP) is 3.11. The maximum atomic E-state index is 11.8. The summed E-state index contributed by atoms with van der Waals surface area (Å²) in [5.74, 6) is 3.28. The molecule has 0 saturated heterocycles. The van der Waals surface area contributed by atoms with Crippen LogP contribution in [0, 0.1) is 12.3 Å². The number of amides is 1. The summed E-state index contributed by atoms with van der Waals surface area (Å²) in [4.78, 5) is 15.5. The van der Waals surface area contributed by atoms with Gasteiger partial charge in [0.1, 0.15) is 5.75 Å². The Kier molecular flexibility index (Phi) is 6.73. The van der Waals surface area contributed by atoms with Crippen molar-refractivity contribution in [2.45, 2.75) is 25.8 Å². The van der Waals surface area contributed by atoms with Gasteiger partial charge in [-0.2, -0.15) is 0 Å². The van der Waals surface area contributed by atoms with E-state index < -0.39 is 0 Å². The lowest BCUT2D eigenvalue weighted by Crippen LogP contribution is -2.29. The third-order valence-corrected chi connectivity index (χ3v) is 4.03. The molecule has 0 saturated carbocycles. The molecule has 0 radical (unpaired) electrons. The Morgan fingerprint density at radius 2 is 2.18 bits per heavy atom. The van der Waals surface area contributed by atoms with Crippen LogP contribution in [0.2, 0.25) is 0 Å². The van der Waals surface area contributed by atoms with E-state index in [4.69, 9.17) is 11.2 Å². The Bertz CT molecular complexity index is 568. The van der Waals surface area contributed by atoms with E-state index in [0.29, 0.717) is 24.9 Å². The van der Waals surface area contributed by atoms with Gasteiger partial charge in [-0.1, -0.05) is 12.0 Å². The summed E-state index contributed by atoms with van der Waals surface area (Å²) in [6, 6.07) is 6.19. The molecule has 1 amide bonds. The zero-order valence-corrected chi connectivity index (χ0v) is 14.2. The number of fused-ring (bicyclic) bond motifs is 1. The van der Waals surface area contributed by atoms with Crippen LogP contribution in [0.1, 0.15) is 30.5 Å². The van der Waals surface area contributed by atoms with Gasteiger partial charge in [0, 0.05) is 19.6 Å². The molecule has 1 aromatic carbocycles. The van der Waals surface area contributed by atoms with Gasteiger partial charge in [0.25, 0.3) is 0 Å². The van der Waals surface area contributed by atoms with E-state index >= 15 is 0 Å². The lowest BCUT2D eigenvalue weighted by atomic mass is 10.1. The molecule has 0 spiro atoms. The molecule has 1 aromatic rings. The van der Waals surface area contributed by atoms with Crippen molar-refractivity contribution in [1.82, 2.24) is 9.80 Å². The van der Waals surface area contributed by atoms with Crippen LogP contribution in [0.15, 0.2) is 18.2 Å². The van der Waals surface area contributed by atoms with Crippen LogP contribution in [-0.2, 0) is 6.42 Å². The molecule has 0 fully saturated rings. The van der Waals surface area contributed by atoms with Crippen molar-refractivity contribution in [2.75, 3.05) is 27.2 Å². The minimum atomic E-state index is -0.330. The van der Waals surface area contributed by atoms with E-state index in [1.807, 2.05) is 32.2 Å². The lowest BCUT2D eigenvalue weighted by Gasteiger charge is -2.23. The van der Waals surface area contributed by atoms with Crippen molar-refractivity contribution in [2.24, 2.45) is 0 Å². The molecule has 0 aliphatic heterocycles. The number of ether oxygens (including phenoxy) is 1. The summed E-state index contributed by atoms with van der Waals surface area (Å²) in [7, 11) is 3.75. The molecular weight excluding hydrogens is 300 g/mol. The van der Waals surface area contributed by atoms with Crippen LogP contribution in [-0.4, -0.2) is 43.1 Å². The van der Waals surface area contributed by atoms with Gasteiger partial charge in [-0.3, -0.25) is 4.90 Å². The number of benzene rings is 1. The van der Waals surface area contributed by atoms with Crippen molar-refractivity contribution >= 4 is 18.5 Å². The van der Waals surface area contributed by atoms with Gasteiger partial charge in [0.15, 0.2) is 0 Å². The first-order chi connectivity index (χ1) is 10.1. The van der Waals surface area contributed by atoms with Crippen LogP contribution in [0.5, 0.6) is 5.75 Å². The number of hydrogen-bond acceptors (Lipinski definition) is 3. The Hall–Kier alpha value is -1.70. The number of terminal acetylenes is 1. The Morgan fingerprint density at radius 3 is 2.82 bits per heavy atom. The minimum absolute atomic E-state index is 0. The van der Waals surface area contributed by atoms with Gasteiger partial charge in [0.2, 0.25) is 0 Å². The monoisotopic (exact) mass is 322 g/mol. The van der Waals surface area contributed by atoms with Crippen LogP contribution in [0.25, 0.3) is 0 Å². The van der Waals surface area contributed by atoms with Crippen LogP contribution >= 0.6 is 12.4 Å². The lowest BCUT2D eigenvalue weighted by molar-refractivity contribution is 0.165. The second-order valence-corrected chi connectivity index (χ2v) is 5.42. The number of carbonyl (C=O) groups is 1. The quantitative estimate of drug-likeness (QED) is 0.799. The van der Waals surface area contributed by atoms with Gasteiger partial charge in [-0.25, -0.2) is 4.79 Å². The molecule has 2 rings (SSSR count). The van der Waals surface area contributed by atoms with Crippen molar-refractivity contribution in [3.05, 3.63) is 29.3 Å². The van der Waals surface area contributed by atoms with Crippen LogP contribution in [0.4, 0.5) is 4.79 Å². The van der Waals surface area contributed by atoms with Gasteiger partial charge >= 0.3 is 6.09 Å². The summed E-state index contributed by atoms with van der Waals surface area (Å²) < 4.78 is 5.41. The first-order valence-corrected chi connectivity index (χ1v) is 7.26. The summed E-state index contributed by atoms with van der Waals surface area (Å²) >= 11 is 0. The molecule has 0 aromatic heterocycles. The molecule has 1 aliphatic carbocycles. The second kappa shape index (κ2) is 8.07. The predicted molar refractivity (Wildman–Crippen MR) is 90.5 cm³/mol. The number of carbonyl (C=O) groups excluding carboxylic acids is 1. The molecule has 1 atom stereocenters. The molecule has 0 heterocycles. The van der Waals surface area contributed by atoms with Crippen molar-refractivity contribution in [1.29, 1.82) is 0 Å². The molecular formula is C17H23ClN2O2. The van der Waals surface area contributed by atoms with Crippen molar-refractivity contribution in [3.63, 3.8) is 0 Å². The fourth-order valence-corrected chi connectivity index (χ4v) is 2.64. The van der Waals surface area contributed by atoms with E-state index in [-0.39, 0.29) is 18.5 Å². The number of nitrogens with zero attached hydrogens (tertiary/aromatic N) is 2. The molecule has 22 heavy (non-hydrogen) atoms. The van der Waals surface area contributed by atoms with Gasteiger partial charge in [-0.15, -0.1) is 18.8 Å². The SMILES string of the molecule is C#CCN(C)[C@@H]1CCc2ccc(OC(=O)N(C)CC)cc21.Cl. The average Bonchev–Trinajstić information content (AvgIpc) is 2.89. The number of halogens is 1. The standard InChI is InChI=1S/C17H22N2O2.ClH/c1-5-11-19(4)16-10-8-13-7-9-14(12-15(13)16)21-17(20)18(3)6-2;/h1,7,9,12,16H,6,8,10-11H2,2-4H3;1H/t16-;/m1./s1. The molecule has 0 N–H and O–H groups in total. The Labute approximate surface area is 138 Å². The summed E-state index contributed by atoms with van der Waals surface area (Å²) in [5.41, 5.74) is 2.53. The molecule has 0 unspecified atom stereocenters. The van der Waals surface area contributed by atoms with Crippen LogP contribution in [0.3, 0.4) is 0 Å². The highest BCUT2D eigenvalue weighted by molar-refractivity contribution is 5.85. The van der Waals surface area contributed by atoms with E-state index in [1.54, 1.807) is 7.05 Å². The minimum Gasteiger partial charge on any atom is -0.410 e. The zero-order valence-electron chi connectivity index (χ0n) is 13.3. The first kappa shape index (κ1) is 18.3. The topological polar surface area (TPSA) is 32.8 Å². The maximum absolute atomic E-state index is 11.8. The zero-order chi connectivity index (χ0) is 15.4. The van der Waals surface area contributed by atoms with E-state index in [2.05, 4.69) is 10.8 Å². The molecule has 1 aliphatic rings. The number of aryl methyl sites for hydroxylation is 1. The summed E-state index contributed by atoms with van der Waals surface area (Å²) in [6.45, 7) is 3.15. The normalized spacial score (nSPS) is 15.7. The molecule has 5 heteroatoms. The Morgan fingerprint density at radius 1 is 1.45 bits per heavy atom. The summed E-state index contributed by atoms with van der Waals surface area (Å²) in [5, 5.41) is 0. The molecule has 120 valence electrons. The average molecular weight is 323 g/mol. The smallest absolute Gasteiger partial charge is 0.410 e. The van der Waals surface area contributed by atoms with E-state index in [0.717, 1.165) is 12.8 Å². The van der Waals surface area contributed by atoms with Crippen LogP contribution < -0.4 is 4.74 Å². The fraction of sp³-hybridized carbons (Fsp3) is 0.471. The van der Waals surface area contributed by atoms with Gasteiger partial charge < -0.3 is 9.64 Å². The van der Waals surface area contributed by atoms with E-state index in [1.165, 1.54) is 16.0 Å².